The van der Waals surface area contributed by atoms with Crippen LogP contribution in [0.1, 0.15) is 22.8 Å². The number of hydrogen-bond donors (Lipinski definition) is 1. The molecule has 0 fully saturated rings. The third kappa shape index (κ3) is 4.33. The molecule has 21 heavy (non-hydrogen) atoms. The van der Waals surface area contributed by atoms with E-state index in [9.17, 15) is 4.79 Å². The number of methoxy groups -OCH3 is 1. The smallest absolute Gasteiger partial charge is 0.244 e. The zero-order valence-corrected chi connectivity index (χ0v) is 12.2. The number of ether oxygens (including phenoxy) is 1. The molecule has 0 spiro atoms. The summed E-state index contributed by atoms with van der Waals surface area (Å²) < 4.78 is 10.4. The fourth-order valence-electron chi connectivity index (χ4n) is 2.06. The Hall–Kier alpha value is -2.33. The molecule has 2 rings (SSSR count). The summed E-state index contributed by atoms with van der Waals surface area (Å²) in [6, 6.07) is 9.78. The highest BCUT2D eigenvalue weighted by Gasteiger charge is 2.13. The van der Waals surface area contributed by atoms with Gasteiger partial charge in [0.15, 0.2) is 0 Å². The van der Waals surface area contributed by atoms with E-state index in [0.29, 0.717) is 6.54 Å². The van der Waals surface area contributed by atoms with Gasteiger partial charge in [0, 0.05) is 25.3 Å². The van der Waals surface area contributed by atoms with Crippen LogP contribution in [0.3, 0.4) is 0 Å². The molecule has 1 N–H and O–H groups in total. The molecule has 0 saturated carbocycles. The van der Waals surface area contributed by atoms with Crippen molar-refractivity contribution in [2.24, 2.45) is 0 Å². The summed E-state index contributed by atoms with van der Waals surface area (Å²) in [6.45, 7) is 2.46. The molecule has 2 aromatic rings. The van der Waals surface area contributed by atoms with E-state index in [0.717, 1.165) is 16.7 Å². The van der Waals surface area contributed by atoms with Gasteiger partial charge in [0.25, 0.3) is 0 Å². The summed E-state index contributed by atoms with van der Waals surface area (Å²) in [4.78, 5) is 11.8. The van der Waals surface area contributed by atoms with Gasteiger partial charge in [-0.2, -0.15) is 0 Å². The van der Waals surface area contributed by atoms with Gasteiger partial charge in [-0.3, -0.25) is 4.79 Å². The minimum absolute atomic E-state index is 0.155. The van der Waals surface area contributed by atoms with Gasteiger partial charge in [-0.1, -0.05) is 24.3 Å². The van der Waals surface area contributed by atoms with Crippen molar-refractivity contribution < 1.29 is 13.9 Å². The van der Waals surface area contributed by atoms with Crippen LogP contribution in [0.2, 0.25) is 0 Å². The minimum atomic E-state index is -0.160. The number of amides is 1. The second-order valence-electron chi connectivity index (χ2n) is 4.72. The lowest BCUT2D eigenvalue weighted by atomic mass is 10.0. The monoisotopic (exact) mass is 285 g/mol. The van der Waals surface area contributed by atoms with E-state index in [2.05, 4.69) is 5.32 Å². The molecule has 1 atom stereocenters. The van der Waals surface area contributed by atoms with Gasteiger partial charge in [-0.05, 0) is 30.2 Å². The van der Waals surface area contributed by atoms with Crippen molar-refractivity contribution in [2.75, 3.05) is 13.7 Å². The first-order chi connectivity index (χ1) is 10.2. The number of hydrogen-bond acceptors (Lipinski definition) is 3. The van der Waals surface area contributed by atoms with Gasteiger partial charge in [-0.15, -0.1) is 0 Å². The van der Waals surface area contributed by atoms with Crippen LogP contribution >= 0.6 is 0 Å². The minimum Gasteiger partial charge on any atom is -0.472 e. The molecular weight excluding hydrogens is 266 g/mol. The van der Waals surface area contributed by atoms with Crippen LogP contribution in [0.25, 0.3) is 6.08 Å². The van der Waals surface area contributed by atoms with E-state index in [1.54, 1.807) is 31.8 Å². The molecule has 4 heteroatoms. The molecule has 0 unspecified atom stereocenters. The predicted octanol–water partition coefficient (Wildman–Crippen LogP) is 3.11. The SMILES string of the molecule is CO[C@@H](CNC(=O)/C=C/c1ccoc1)c1ccccc1C. The van der Waals surface area contributed by atoms with E-state index >= 15 is 0 Å². The van der Waals surface area contributed by atoms with E-state index in [-0.39, 0.29) is 12.0 Å². The molecule has 1 amide bonds. The Bertz CT molecular complexity index is 602. The Balaban J connectivity index is 1.91. The van der Waals surface area contributed by atoms with Crippen molar-refractivity contribution in [3.63, 3.8) is 0 Å². The first kappa shape index (κ1) is 15.1. The fourth-order valence-corrected chi connectivity index (χ4v) is 2.06. The van der Waals surface area contributed by atoms with Crippen molar-refractivity contribution in [1.29, 1.82) is 0 Å². The molecule has 1 aromatic carbocycles. The predicted molar refractivity (Wildman–Crippen MR) is 81.7 cm³/mol. The topological polar surface area (TPSA) is 51.5 Å². The number of carbonyl (C=O) groups is 1. The van der Waals surface area contributed by atoms with Crippen molar-refractivity contribution in [2.45, 2.75) is 13.0 Å². The third-order valence-corrected chi connectivity index (χ3v) is 3.25. The quantitative estimate of drug-likeness (QED) is 0.830. The molecule has 0 saturated heterocycles. The summed E-state index contributed by atoms with van der Waals surface area (Å²) in [5.41, 5.74) is 3.08. The van der Waals surface area contributed by atoms with Gasteiger partial charge in [0.2, 0.25) is 5.91 Å². The van der Waals surface area contributed by atoms with Crippen LogP contribution in [0, 0.1) is 6.92 Å². The first-order valence-corrected chi connectivity index (χ1v) is 6.77. The molecule has 110 valence electrons. The highest BCUT2D eigenvalue weighted by Crippen LogP contribution is 2.19. The number of rotatable bonds is 6. The summed E-state index contributed by atoms with van der Waals surface area (Å²) in [6.07, 6.45) is 6.17. The Morgan fingerprint density at radius 1 is 1.38 bits per heavy atom. The zero-order chi connectivity index (χ0) is 15.1. The molecule has 1 aromatic heterocycles. The Morgan fingerprint density at radius 2 is 2.19 bits per heavy atom. The van der Waals surface area contributed by atoms with E-state index < -0.39 is 0 Å². The lowest BCUT2D eigenvalue weighted by Crippen LogP contribution is -2.27. The van der Waals surface area contributed by atoms with Crippen LogP contribution in [-0.2, 0) is 9.53 Å². The standard InChI is InChI=1S/C17H19NO3/c1-13-5-3-4-6-15(13)16(20-2)11-18-17(19)8-7-14-9-10-21-12-14/h3-10,12,16H,11H2,1-2H3,(H,18,19)/b8-7+/t16-/m0/s1. The van der Waals surface area contributed by atoms with E-state index in [1.807, 2.05) is 31.2 Å². The molecule has 0 aliphatic heterocycles. The van der Waals surface area contributed by atoms with Crippen LogP contribution in [-0.4, -0.2) is 19.6 Å². The van der Waals surface area contributed by atoms with Crippen LogP contribution in [0.15, 0.2) is 53.4 Å². The molecule has 4 nitrogen and oxygen atoms in total. The lowest BCUT2D eigenvalue weighted by Gasteiger charge is -2.18. The largest absolute Gasteiger partial charge is 0.472 e. The Labute approximate surface area is 124 Å². The van der Waals surface area contributed by atoms with Gasteiger partial charge in [0.1, 0.15) is 0 Å². The van der Waals surface area contributed by atoms with Gasteiger partial charge in [0.05, 0.1) is 18.6 Å². The molecule has 0 bridgehead atoms. The molecule has 0 aliphatic rings. The number of carbonyl (C=O) groups excluding carboxylic acids is 1. The summed E-state index contributed by atoms with van der Waals surface area (Å²) in [7, 11) is 1.64. The van der Waals surface area contributed by atoms with Crippen molar-refractivity contribution in [1.82, 2.24) is 5.32 Å². The van der Waals surface area contributed by atoms with E-state index in [4.69, 9.17) is 9.15 Å². The second-order valence-corrected chi connectivity index (χ2v) is 4.72. The summed E-state index contributed by atoms with van der Waals surface area (Å²) in [5, 5.41) is 2.84. The number of aryl methyl sites for hydroxylation is 1. The zero-order valence-electron chi connectivity index (χ0n) is 12.2. The molecule has 1 heterocycles. The van der Waals surface area contributed by atoms with Gasteiger partial charge < -0.3 is 14.5 Å². The highest BCUT2D eigenvalue weighted by molar-refractivity contribution is 5.91. The summed E-state index contributed by atoms with van der Waals surface area (Å²) >= 11 is 0. The molecule has 0 aliphatic carbocycles. The summed E-state index contributed by atoms with van der Waals surface area (Å²) in [5.74, 6) is -0.160. The molecular formula is C17H19NO3. The van der Waals surface area contributed by atoms with Crippen molar-refractivity contribution in [3.05, 3.63) is 65.6 Å². The van der Waals surface area contributed by atoms with Gasteiger partial charge >= 0.3 is 0 Å². The van der Waals surface area contributed by atoms with Gasteiger partial charge in [-0.25, -0.2) is 0 Å². The van der Waals surface area contributed by atoms with E-state index in [1.165, 1.54) is 6.08 Å². The lowest BCUT2D eigenvalue weighted by molar-refractivity contribution is -0.117. The van der Waals surface area contributed by atoms with Crippen molar-refractivity contribution >= 4 is 12.0 Å². The van der Waals surface area contributed by atoms with Crippen LogP contribution in [0.5, 0.6) is 0 Å². The average Bonchev–Trinajstić information content (AvgIpc) is 3.01. The Kier molecular flexibility index (Phi) is 5.35. The normalized spacial score (nSPS) is 12.5. The number of furan rings is 1. The molecule has 0 radical (unpaired) electrons. The maximum atomic E-state index is 11.8. The third-order valence-electron chi connectivity index (χ3n) is 3.25. The van der Waals surface area contributed by atoms with Crippen LogP contribution < -0.4 is 5.32 Å². The second kappa shape index (κ2) is 7.45. The average molecular weight is 285 g/mol. The van der Waals surface area contributed by atoms with Crippen molar-refractivity contribution in [3.8, 4) is 0 Å². The highest BCUT2D eigenvalue weighted by atomic mass is 16.5. The fraction of sp³-hybridized carbons (Fsp3) is 0.235. The number of benzene rings is 1. The van der Waals surface area contributed by atoms with Crippen LogP contribution in [0.4, 0.5) is 0 Å². The number of nitrogens with one attached hydrogen (secondary N) is 1. The first-order valence-electron chi connectivity index (χ1n) is 6.77. The Morgan fingerprint density at radius 3 is 2.86 bits per heavy atom. The maximum absolute atomic E-state index is 11.8. The maximum Gasteiger partial charge on any atom is 0.244 e.